The molecule has 0 aliphatic heterocycles. The van der Waals surface area contributed by atoms with Crippen LogP contribution in [0.3, 0.4) is 0 Å². The van der Waals surface area contributed by atoms with Crippen molar-refractivity contribution in [1.82, 2.24) is 5.32 Å². The predicted molar refractivity (Wildman–Crippen MR) is 143 cm³/mol. The number of hydrogen-bond donors (Lipinski definition) is 4. The lowest BCUT2D eigenvalue weighted by Gasteiger charge is -2.11. The summed E-state index contributed by atoms with van der Waals surface area (Å²) in [6.45, 7) is 3.49. The van der Waals surface area contributed by atoms with Crippen LogP contribution in [0.4, 0.5) is 0 Å². The number of ether oxygens (including phenoxy) is 1. The number of aliphatic hydroxyl groups excluding tert-OH is 1. The van der Waals surface area contributed by atoms with Gasteiger partial charge in [0.1, 0.15) is 0 Å². The van der Waals surface area contributed by atoms with Gasteiger partial charge in [0.25, 0.3) is 5.91 Å². The average molecular weight is 516 g/mol. The summed E-state index contributed by atoms with van der Waals surface area (Å²) in [5.74, 6) is 1.84. The number of carbonyl (C=O) groups is 3. The molecule has 33 heavy (non-hydrogen) atoms. The molecule has 0 heterocycles. The molecule has 0 bridgehead atoms. The van der Waals surface area contributed by atoms with Crippen molar-refractivity contribution in [2.45, 2.75) is 51.6 Å². The van der Waals surface area contributed by atoms with Crippen molar-refractivity contribution in [3.8, 4) is 0 Å². The van der Waals surface area contributed by atoms with Crippen molar-refractivity contribution in [2.24, 2.45) is 0 Å². The molecule has 1 rings (SSSR count). The van der Waals surface area contributed by atoms with E-state index in [9.17, 15) is 19.5 Å². The number of rotatable bonds is 19. The molecule has 0 aliphatic rings. The monoisotopic (exact) mass is 515 g/mol. The summed E-state index contributed by atoms with van der Waals surface area (Å²) >= 11 is 9.82. The van der Waals surface area contributed by atoms with Crippen LogP contribution in [-0.4, -0.2) is 71.5 Å². The predicted octanol–water partition coefficient (Wildman–Crippen LogP) is 4.11. The molecule has 0 aliphatic carbocycles. The molecule has 2 N–H and O–H groups in total. The lowest BCUT2D eigenvalue weighted by Crippen LogP contribution is -2.26. The van der Waals surface area contributed by atoms with E-state index in [1.165, 1.54) is 0 Å². The fourth-order valence-electron chi connectivity index (χ4n) is 2.95. The zero-order valence-electron chi connectivity index (χ0n) is 19.4. The molecule has 9 heteroatoms. The van der Waals surface area contributed by atoms with Crippen molar-refractivity contribution in [3.63, 3.8) is 0 Å². The molecule has 0 aromatic heterocycles. The number of carbonyl (C=O) groups excluding carboxylic acids is 3. The molecular formula is C24H37NO5S3. The van der Waals surface area contributed by atoms with Crippen molar-refractivity contribution in [2.75, 3.05) is 42.8 Å². The fourth-order valence-corrected chi connectivity index (χ4v) is 4.10. The molecule has 0 radical (unpaired) electrons. The number of unbranched alkanes of at least 4 members (excludes halogenated alkanes) is 1. The second-order valence-electron chi connectivity index (χ2n) is 7.71. The van der Waals surface area contributed by atoms with Crippen LogP contribution in [0.15, 0.2) is 18.2 Å². The lowest BCUT2D eigenvalue weighted by atomic mass is 9.97. The molecule has 1 amide bonds. The summed E-state index contributed by atoms with van der Waals surface area (Å²) in [7, 11) is 0. The highest BCUT2D eigenvalue weighted by Crippen LogP contribution is 2.17. The summed E-state index contributed by atoms with van der Waals surface area (Å²) in [5, 5.41) is 12.7. The number of nitrogens with one attached hydrogen (secondary N) is 1. The first-order valence-electron chi connectivity index (χ1n) is 11.5. The zero-order valence-corrected chi connectivity index (χ0v) is 22.0. The Morgan fingerprint density at radius 2 is 1.64 bits per heavy atom. The molecular weight excluding hydrogens is 478 g/mol. The van der Waals surface area contributed by atoms with Crippen LogP contribution < -0.4 is 5.32 Å². The maximum Gasteiger partial charge on any atom is 0.251 e. The van der Waals surface area contributed by atoms with Crippen molar-refractivity contribution in [3.05, 3.63) is 34.9 Å². The third-order valence-electron chi connectivity index (χ3n) is 4.75. The van der Waals surface area contributed by atoms with Gasteiger partial charge < -0.3 is 15.2 Å². The minimum absolute atomic E-state index is 0.104. The van der Waals surface area contributed by atoms with Gasteiger partial charge >= 0.3 is 0 Å². The second-order valence-corrected chi connectivity index (χ2v) is 9.76. The number of ketones is 2. The zero-order chi connectivity index (χ0) is 24.5. The van der Waals surface area contributed by atoms with Gasteiger partial charge in [-0.25, -0.2) is 0 Å². The summed E-state index contributed by atoms with van der Waals surface area (Å²) in [5.41, 5.74) is 1.05. The topological polar surface area (TPSA) is 92.7 Å². The van der Waals surface area contributed by atoms with Gasteiger partial charge in [0.15, 0.2) is 11.6 Å². The number of hydrogen-bond acceptors (Lipinski definition) is 8. The molecule has 0 spiro atoms. The van der Waals surface area contributed by atoms with E-state index in [1.807, 2.05) is 0 Å². The van der Waals surface area contributed by atoms with Crippen LogP contribution in [0.2, 0.25) is 0 Å². The Morgan fingerprint density at radius 3 is 2.24 bits per heavy atom. The third kappa shape index (κ3) is 12.9. The van der Waals surface area contributed by atoms with Crippen LogP contribution in [-0.2, 0) is 4.74 Å². The molecule has 0 saturated heterocycles. The average Bonchev–Trinajstić information content (AvgIpc) is 2.82. The van der Waals surface area contributed by atoms with Gasteiger partial charge in [-0.2, -0.15) is 37.0 Å². The summed E-state index contributed by atoms with van der Waals surface area (Å²) in [4.78, 5) is 37.7. The van der Waals surface area contributed by atoms with E-state index in [-0.39, 0.29) is 17.5 Å². The largest absolute Gasteiger partial charge is 0.390 e. The highest BCUT2D eigenvalue weighted by Gasteiger charge is 2.16. The maximum absolute atomic E-state index is 12.8. The van der Waals surface area contributed by atoms with Gasteiger partial charge in [0, 0.05) is 54.2 Å². The molecule has 1 unspecified atom stereocenters. The van der Waals surface area contributed by atoms with E-state index in [1.54, 1.807) is 30.0 Å². The molecule has 186 valence electrons. The Hall–Kier alpha value is -1.00. The quantitative estimate of drug-likeness (QED) is 0.126. The number of thiol groups is 2. The summed E-state index contributed by atoms with van der Waals surface area (Å²) in [6.07, 6.45) is 3.44. The molecule has 0 saturated carbocycles. The van der Waals surface area contributed by atoms with Crippen molar-refractivity contribution < 1.29 is 24.2 Å². The van der Waals surface area contributed by atoms with Gasteiger partial charge in [-0.05, 0) is 49.0 Å². The second kappa shape index (κ2) is 18.3. The number of amides is 1. The van der Waals surface area contributed by atoms with E-state index in [4.69, 9.17) is 4.74 Å². The van der Waals surface area contributed by atoms with E-state index >= 15 is 0 Å². The molecule has 1 aromatic rings. The maximum atomic E-state index is 12.8. The normalized spacial score (nSPS) is 11.9. The van der Waals surface area contributed by atoms with Crippen LogP contribution in [0.1, 0.15) is 76.5 Å². The highest BCUT2D eigenvalue weighted by atomic mass is 32.2. The van der Waals surface area contributed by atoms with Crippen LogP contribution in [0.5, 0.6) is 0 Å². The molecule has 0 fully saturated rings. The molecule has 1 atom stereocenters. The molecule has 6 nitrogen and oxygen atoms in total. The summed E-state index contributed by atoms with van der Waals surface area (Å²) in [6, 6.07) is 4.69. The van der Waals surface area contributed by atoms with Crippen molar-refractivity contribution in [1.29, 1.82) is 0 Å². The minimum Gasteiger partial charge on any atom is -0.390 e. The van der Waals surface area contributed by atoms with Crippen molar-refractivity contribution >= 4 is 54.5 Å². The van der Waals surface area contributed by atoms with Gasteiger partial charge in [0.2, 0.25) is 0 Å². The minimum atomic E-state index is -0.513. The number of thioether (sulfide) groups is 1. The third-order valence-corrected chi connectivity index (χ3v) is 6.49. The fraction of sp³-hybridized carbons (Fsp3) is 0.625. The van der Waals surface area contributed by atoms with Gasteiger partial charge in [-0.3, -0.25) is 14.4 Å². The Kier molecular flexibility index (Phi) is 16.7. The van der Waals surface area contributed by atoms with E-state index in [0.717, 1.165) is 18.6 Å². The van der Waals surface area contributed by atoms with E-state index in [0.29, 0.717) is 79.4 Å². The molecule has 1 aromatic carbocycles. The Morgan fingerprint density at radius 1 is 1.00 bits per heavy atom. The van der Waals surface area contributed by atoms with E-state index < -0.39 is 6.10 Å². The van der Waals surface area contributed by atoms with Crippen LogP contribution >= 0.6 is 37.0 Å². The number of Topliss-reactive ketones (excluding diaryl/α,β-unsaturated/α-hetero) is 2. The van der Waals surface area contributed by atoms with Gasteiger partial charge in [-0.15, -0.1) is 0 Å². The first kappa shape index (κ1) is 30.0. The first-order chi connectivity index (χ1) is 15.9. The number of benzene rings is 1. The van der Waals surface area contributed by atoms with Gasteiger partial charge in [-0.1, -0.05) is 13.3 Å². The summed E-state index contributed by atoms with van der Waals surface area (Å²) < 4.78 is 5.41. The highest BCUT2D eigenvalue weighted by molar-refractivity contribution is 7.99. The first-order valence-corrected chi connectivity index (χ1v) is 13.9. The van der Waals surface area contributed by atoms with Gasteiger partial charge in [0.05, 0.1) is 12.7 Å². The lowest BCUT2D eigenvalue weighted by molar-refractivity contribution is 0.0473. The van der Waals surface area contributed by atoms with E-state index in [2.05, 4.69) is 37.5 Å². The smallest absolute Gasteiger partial charge is 0.251 e. The standard InChI is InChI=1S/C24H37NO5S3/c1-2-3-9-30-16-21(26)17-33-12-5-7-23(28)19-13-18(22(27)6-4-10-31)14-20(15-19)24(29)25-8-11-32/h13-15,21,26,31-32H,2-12,16-17H2,1H3,(H,25,29). The van der Waals surface area contributed by atoms with Crippen LogP contribution in [0.25, 0.3) is 0 Å². The SMILES string of the molecule is CCCCOCC(O)CSCCCC(=O)c1cc(C(=O)CCCS)cc(C(=O)NCCS)c1. The Labute approximate surface area is 212 Å². The van der Waals surface area contributed by atoms with Crippen LogP contribution in [0, 0.1) is 0 Å². The Bertz CT molecular complexity index is 707. The Balaban J connectivity index is 2.64. The number of aliphatic hydroxyl groups is 1.